The number of aryl methyl sites for hydroxylation is 1. The summed E-state index contributed by atoms with van der Waals surface area (Å²) in [7, 11) is 0. The van der Waals surface area contributed by atoms with Gasteiger partial charge >= 0.3 is 0 Å². The fourth-order valence-corrected chi connectivity index (χ4v) is 10.7. The minimum Gasteiger partial charge on any atom is -0.472 e. The zero-order valence-corrected chi connectivity index (χ0v) is 45.8. The molecule has 0 saturated heterocycles. The summed E-state index contributed by atoms with van der Waals surface area (Å²) in [4.78, 5) is 2.57. The molecule has 2 aliphatic carbocycles. The molecular formula is C62H93BN2O. The molecule has 3 unspecified atom stereocenters. The van der Waals surface area contributed by atoms with Gasteiger partial charge in [-0.25, -0.2) is 0 Å². The third-order valence-corrected chi connectivity index (χ3v) is 15.4. The number of anilines is 2. The van der Waals surface area contributed by atoms with Gasteiger partial charge < -0.3 is 14.6 Å². The normalized spacial score (nSPS) is 21.9. The minimum atomic E-state index is -0.177. The Labute approximate surface area is 406 Å². The Morgan fingerprint density at radius 3 is 2.05 bits per heavy atom. The molecule has 0 fully saturated rings. The Morgan fingerprint density at radius 1 is 0.879 bits per heavy atom. The fourth-order valence-electron chi connectivity index (χ4n) is 10.7. The third kappa shape index (κ3) is 11.7. The highest BCUT2D eigenvalue weighted by Gasteiger charge is 2.50. The van der Waals surface area contributed by atoms with E-state index in [0.29, 0.717) is 29.6 Å². The number of nitrogens with one attached hydrogen (secondary N) is 1. The van der Waals surface area contributed by atoms with Crippen LogP contribution >= 0.6 is 0 Å². The molecular weight excluding hydrogens is 800 g/mol. The SMILES string of the molecule is C=C/C(=C\C=C\B1C(=C\NC2=CC(C(C)(C)C)C(C(C)(C)C)C=C2C)/C(=C\C(=C)C)N(c2ccc(C(C)(C)CCC(C)C)cc2C)c2c1oc1c2C(C)(C)CCC1(C)C)C(C)CCC(C)C. The first-order valence-corrected chi connectivity index (χ1v) is 25.8. The maximum Gasteiger partial charge on any atom is 0.287 e. The van der Waals surface area contributed by atoms with Crippen molar-refractivity contribution < 1.29 is 4.42 Å². The first-order chi connectivity index (χ1) is 30.4. The van der Waals surface area contributed by atoms with Crippen LogP contribution in [0.25, 0.3) is 0 Å². The highest BCUT2D eigenvalue weighted by molar-refractivity contribution is 6.86. The van der Waals surface area contributed by atoms with Gasteiger partial charge in [-0.1, -0.05) is 192 Å². The summed E-state index contributed by atoms with van der Waals surface area (Å²) in [6, 6.07) is 7.26. The van der Waals surface area contributed by atoms with Crippen molar-refractivity contribution >= 4 is 23.7 Å². The van der Waals surface area contributed by atoms with Crippen LogP contribution in [0.4, 0.5) is 11.4 Å². The molecule has 1 aromatic heterocycles. The average molecular weight is 893 g/mol. The summed E-state index contributed by atoms with van der Waals surface area (Å²) in [5, 5.41) is 3.99. The van der Waals surface area contributed by atoms with E-state index < -0.39 is 0 Å². The Balaban J connectivity index is 1.86. The van der Waals surface area contributed by atoms with Gasteiger partial charge in [0.1, 0.15) is 5.76 Å². The summed E-state index contributed by atoms with van der Waals surface area (Å²) in [6.45, 7) is 55.8. The molecule has 5 rings (SSSR count). The molecule has 1 aliphatic heterocycles. The number of nitrogens with zero attached hydrogens (tertiary/aromatic N) is 1. The first kappa shape index (κ1) is 53.0. The highest BCUT2D eigenvalue weighted by Crippen LogP contribution is 2.54. The Hall–Kier alpha value is -3.92. The van der Waals surface area contributed by atoms with Gasteiger partial charge in [-0.2, -0.15) is 0 Å². The van der Waals surface area contributed by atoms with E-state index in [1.165, 1.54) is 57.8 Å². The van der Waals surface area contributed by atoms with Gasteiger partial charge in [-0.05, 0) is 144 Å². The van der Waals surface area contributed by atoms with Crippen LogP contribution in [0.5, 0.6) is 0 Å². The standard InChI is InChI=1S/C62H93BN2O/c1-23-46(43(8)27-26-40(2)3)25-24-34-63-50(39-64-51-38-49(59(14,15)16)48(37-44(51)9)58(11,12)13)53(35-42(6)7)65(52-29-28-47(36-45(52)10)60(17,18)31-30-41(4)5)55-54-56(66-57(55)63)62(21,22)33-32-61(54,19)20/h23-25,28-29,34-41,43,48-49,64H,1,6,26-27,30-33H2,2-5,7-22H3/b34-24+,46-25+,50-39-,53-35+. The molecule has 0 amide bonds. The molecule has 3 aliphatic rings. The zero-order chi connectivity index (χ0) is 49.5. The molecule has 0 radical (unpaired) electrons. The van der Waals surface area contributed by atoms with Crippen molar-refractivity contribution in [3.63, 3.8) is 0 Å². The number of furan rings is 1. The smallest absolute Gasteiger partial charge is 0.287 e. The lowest BCUT2D eigenvalue weighted by molar-refractivity contribution is 0.139. The van der Waals surface area contributed by atoms with Crippen molar-refractivity contribution in [3.05, 3.63) is 136 Å². The van der Waals surface area contributed by atoms with Crippen molar-refractivity contribution in [2.45, 2.75) is 193 Å². The Kier molecular flexibility index (Phi) is 16.1. The van der Waals surface area contributed by atoms with Crippen molar-refractivity contribution in [2.75, 3.05) is 4.90 Å². The van der Waals surface area contributed by atoms with Gasteiger partial charge in [0, 0.05) is 28.1 Å². The second-order valence-electron chi connectivity index (χ2n) is 25.9. The monoisotopic (exact) mass is 893 g/mol. The number of fused-ring (bicyclic) bond motifs is 3. The Morgan fingerprint density at radius 2 is 1.48 bits per heavy atom. The van der Waals surface area contributed by atoms with E-state index in [-0.39, 0.29) is 33.8 Å². The molecule has 66 heavy (non-hydrogen) atoms. The molecule has 2 aromatic rings. The number of benzene rings is 1. The number of hydrogen-bond acceptors (Lipinski definition) is 3. The van der Waals surface area contributed by atoms with Gasteiger partial charge in [0.15, 0.2) is 0 Å². The summed E-state index contributed by atoms with van der Waals surface area (Å²) in [6.07, 6.45) is 23.2. The fraction of sp³-hybridized carbons (Fsp3) is 0.581. The number of hydrogen-bond donors (Lipinski definition) is 1. The van der Waals surface area contributed by atoms with Crippen LogP contribution in [-0.4, -0.2) is 6.71 Å². The van der Waals surface area contributed by atoms with Crippen LogP contribution in [0, 0.1) is 47.3 Å². The van der Waals surface area contributed by atoms with Gasteiger partial charge in [0.05, 0.1) is 11.3 Å². The molecule has 360 valence electrons. The number of allylic oxidation sites excluding steroid dienone is 10. The van der Waals surface area contributed by atoms with Crippen molar-refractivity contribution in [1.82, 2.24) is 5.32 Å². The lowest BCUT2D eigenvalue weighted by atomic mass is 9.39. The summed E-state index contributed by atoms with van der Waals surface area (Å²) in [5.41, 5.74) is 14.5. The maximum absolute atomic E-state index is 7.54. The average Bonchev–Trinajstić information content (AvgIpc) is 3.62. The highest BCUT2D eigenvalue weighted by atomic mass is 16.3. The molecule has 4 heteroatoms. The molecule has 3 atom stereocenters. The maximum atomic E-state index is 7.54. The van der Waals surface area contributed by atoms with E-state index in [0.717, 1.165) is 53.8 Å². The summed E-state index contributed by atoms with van der Waals surface area (Å²) in [5.74, 6) is 6.06. The predicted octanol–water partition coefficient (Wildman–Crippen LogP) is 17.4. The molecule has 1 aromatic carbocycles. The molecule has 1 N–H and O–H groups in total. The largest absolute Gasteiger partial charge is 0.472 e. The predicted molar refractivity (Wildman–Crippen MR) is 292 cm³/mol. The van der Waals surface area contributed by atoms with Crippen molar-refractivity contribution in [2.24, 2.45) is 40.4 Å². The van der Waals surface area contributed by atoms with Crippen LogP contribution in [0.1, 0.15) is 193 Å². The topological polar surface area (TPSA) is 28.4 Å². The van der Waals surface area contributed by atoms with E-state index in [9.17, 15) is 0 Å². The van der Waals surface area contributed by atoms with Crippen LogP contribution in [-0.2, 0) is 16.2 Å². The molecule has 0 spiro atoms. The molecule has 2 heterocycles. The summed E-state index contributed by atoms with van der Waals surface area (Å²) < 4.78 is 7.54. The molecule has 0 bridgehead atoms. The zero-order valence-electron chi connectivity index (χ0n) is 45.8. The molecule has 0 saturated carbocycles. The lowest BCUT2D eigenvalue weighted by Gasteiger charge is -2.44. The van der Waals surface area contributed by atoms with E-state index in [1.807, 2.05) is 0 Å². The Bertz CT molecular complexity index is 2290. The van der Waals surface area contributed by atoms with E-state index in [2.05, 4.69) is 229 Å². The second kappa shape index (κ2) is 20.0. The van der Waals surface area contributed by atoms with Crippen molar-refractivity contribution in [1.29, 1.82) is 0 Å². The van der Waals surface area contributed by atoms with Crippen LogP contribution in [0.2, 0.25) is 0 Å². The van der Waals surface area contributed by atoms with Gasteiger partial charge in [-0.15, -0.1) is 5.98 Å². The van der Waals surface area contributed by atoms with Gasteiger partial charge in [-0.3, -0.25) is 0 Å². The lowest BCUT2D eigenvalue weighted by Crippen LogP contribution is -2.44. The van der Waals surface area contributed by atoms with Crippen LogP contribution in [0.3, 0.4) is 0 Å². The quantitative estimate of drug-likeness (QED) is 0.143. The molecule has 3 nitrogen and oxygen atoms in total. The van der Waals surface area contributed by atoms with Gasteiger partial charge in [0.2, 0.25) is 0 Å². The van der Waals surface area contributed by atoms with E-state index in [1.54, 1.807) is 0 Å². The third-order valence-electron chi connectivity index (χ3n) is 15.4. The second-order valence-corrected chi connectivity index (χ2v) is 25.9. The minimum absolute atomic E-state index is 0.0583. The van der Waals surface area contributed by atoms with Crippen LogP contribution < -0.4 is 15.9 Å². The first-order valence-electron chi connectivity index (χ1n) is 25.8. The van der Waals surface area contributed by atoms with E-state index in [4.69, 9.17) is 4.42 Å². The van der Waals surface area contributed by atoms with E-state index >= 15 is 0 Å². The van der Waals surface area contributed by atoms with Crippen LogP contribution in [0.15, 0.2) is 118 Å². The number of rotatable bonds is 15. The summed E-state index contributed by atoms with van der Waals surface area (Å²) >= 11 is 0. The van der Waals surface area contributed by atoms with Crippen molar-refractivity contribution in [3.8, 4) is 0 Å². The van der Waals surface area contributed by atoms with Gasteiger partial charge in [0.25, 0.3) is 6.71 Å².